The molecule has 1 aromatic heterocycles. The summed E-state index contributed by atoms with van der Waals surface area (Å²) in [4.78, 5) is 0.0788. The number of aromatic nitrogens is 2. The second-order valence-corrected chi connectivity index (χ2v) is 5.28. The molecule has 0 bridgehead atoms. The second kappa shape index (κ2) is 4.72. The van der Waals surface area contributed by atoms with Gasteiger partial charge in [0, 0.05) is 0 Å². The first kappa shape index (κ1) is 13.5. The van der Waals surface area contributed by atoms with E-state index in [1.807, 2.05) is 0 Å². The van der Waals surface area contributed by atoms with Gasteiger partial charge in [0.25, 0.3) is 0 Å². The van der Waals surface area contributed by atoms with E-state index < -0.39 is 16.1 Å². The predicted molar refractivity (Wildman–Crippen MR) is 61.3 cm³/mol. The number of nitrogens with one attached hydrogen (secondary N) is 2. The van der Waals surface area contributed by atoms with Gasteiger partial charge in [0.1, 0.15) is 4.90 Å². The Hall–Kier alpha value is -1.61. The first-order chi connectivity index (χ1) is 7.79. The lowest BCUT2D eigenvalue weighted by Gasteiger charge is -2.12. The Labute approximate surface area is 98.9 Å². The van der Waals surface area contributed by atoms with E-state index in [-0.39, 0.29) is 10.7 Å². The standard InChI is InChI=1S/C8H15N5O3S/c1-4-7(5(2)11-10-4)17(15,16)13-6(3)8(9)12-14/h6,13-14H,1-3H3,(H2,9,12)(H,10,11). The van der Waals surface area contributed by atoms with Crippen LogP contribution < -0.4 is 10.5 Å². The van der Waals surface area contributed by atoms with E-state index in [4.69, 9.17) is 10.9 Å². The molecule has 0 saturated heterocycles. The highest BCUT2D eigenvalue weighted by molar-refractivity contribution is 7.89. The van der Waals surface area contributed by atoms with Crippen molar-refractivity contribution in [3.63, 3.8) is 0 Å². The van der Waals surface area contributed by atoms with Crippen molar-refractivity contribution in [1.29, 1.82) is 0 Å². The first-order valence-corrected chi connectivity index (χ1v) is 6.29. The summed E-state index contributed by atoms with van der Waals surface area (Å²) < 4.78 is 26.3. The minimum Gasteiger partial charge on any atom is -0.409 e. The number of hydrogen-bond donors (Lipinski definition) is 4. The van der Waals surface area contributed by atoms with Gasteiger partial charge in [0.05, 0.1) is 17.4 Å². The summed E-state index contributed by atoms with van der Waals surface area (Å²) >= 11 is 0. The Morgan fingerprint density at radius 2 is 2.18 bits per heavy atom. The van der Waals surface area contributed by atoms with E-state index in [9.17, 15) is 8.42 Å². The van der Waals surface area contributed by atoms with Crippen LogP contribution in [-0.2, 0) is 10.0 Å². The number of aryl methyl sites for hydroxylation is 2. The zero-order valence-electron chi connectivity index (χ0n) is 9.72. The minimum atomic E-state index is -3.75. The summed E-state index contributed by atoms with van der Waals surface area (Å²) in [5.41, 5.74) is 6.10. The highest BCUT2D eigenvalue weighted by Gasteiger charge is 2.25. The maximum Gasteiger partial charge on any atom is 0.244 e. The number of hydrogen-bond acceptors (Lipinski definition) is 5. The van der Waals surface area contributed by atoms with Gasteiger partial charge < -0.3 is 10.9 Å². The van der Waals surface area contributed by atoms with Crippen molar-refractivity contribution < 1.29 is 13.6 Å². The average Bonchev–Trinajstić information content (AvgIpc) is 2.57. The van der Waals surface area contributed by atoms with Crippen molar-refractivity contribution in [2.24, 2.45) is 10.9 Å². The lowest BCUT2D eigenvalue weighted by atomic mass is 10.3. The van der Waals surface area contributed by atoms with Crippen LogP contribution in [0.2, 0.25) is 0 Å². The summed E-state index contributed by atoms with van der Waals surface area (Å²) in [5, 5.41) is 17.6. The van der Waals surface area contributed by atoms with Crippen molar-refractivity contribution in [1.82, 2.24) is 14.9 Å². The predicted octanol–water partition coefficient (Wildman–Crippen LogP) is -0.560. The average molecular weight is 261 g/mol. The Balaban J connectivity index is 3.06. The molecule has 0 saturated carbocycles. The monoisotopic (exact) mass is 261 g/mol. The van der Waals surface area contributed by atoms with Crippen LogP contribution >= 0.6 is 0 Å². The van der Waals surface area contributed by atoms with Crippen molar-refractivity contribution in [2.45, 2.75) is 31.7 Å². The molecule has 0 fully saturated rings. The quantitative estimate of drug-likeness (QED) is 0.249. The topological polar surface area (TPSA) is 133 Å². The van der Waals surface area contributed by atoms with E-state index in [1.165, 1.54) is 6.92 Å². The largest absolute Gasteiger partial charge is 0.409 e. The van der Waals surface area contributed by atoms with Crippen LogP contribution in [0.5, 0.6) is 0 Å². The molecule has 0 aromatic carbocycles. The first-order valence-electron chi connectivity index (χ1n) is 4.81. The molecule has 0 amide bonds. The lowest BCUT2D eigenvalue weighted by Crippen LogP contribution is -2.42. The van der Waals surface area contributed by atoms with E-state index in [0.717, 1.165) is 0 Å². The van der Waals surface area contributed by atoms with Gasteiger partial charge in [-0.2, -0.15) is 5.10 Å². The van der Waals surface area contributed by atoms with Crippen molar-refractivity contribution in [3.8, 4) is 0 Å². The Morgan fingerprint density at radius 1 is 1.59 bits per heavy atom. The van der Waals surface area contributed by atoms with E-state index >= 15 is 0 Å². The van der Waals surface area contributed by atoms with Crippen molar-refractivity contribution >= 4 is 15.9 Å². The van der Waals surface area contributed by atoms with Gasteiger partial charge in [-0.1, -0.05) is 5.16 Å². The smallest absolute Gasteiger partial charge is 0.244 e. The molecule has 1 unspecified atom stereocenters. The number of aromatic amines is 1. The van der Waals surface area contributed by atoms with Gasteiger partial charge in [0.2, 0.25) is 10.0 Å². The van der Waals surface area contributed by atoms with Gasteiger partial charge in [-0.25, -0.2) is 13.1 Å². The third-order valence-electron chi connectivity index (χ3n) is 2.22. The molecule has 96 valence electrons. The molecule has 0 aliphatic carbocycles. The van der Waals surface area contributed by atoms with E-state index in [1.54, 1.807) is 13.8 Å². The minimum absolute atomic E-state index is 0.0788. The van der Waals surface area contributed by atoms with Crippen LogP contribution in [-0.4, -0.2) is 35.7 Å². The van der Waals surface area contributed by atoms with Crippen LogP contribution in [0.4, 0.5) is 0 Å². The number of oxime groups is 1. The molecule has 0 spiro atoms. The lowest BCUT2D eigenvalue weighted by molar-refractivity contribution is 0.316. The van der Waals surface area contributed by atoms with Gasteiger partial charge in [-0.3, -0.25) is 5.10 Å². The zero-order valence-corrected chi connectivity index (χ0v) is 10.5. The zero-order chi connectivity index (χ0) is 13.2. The van der Waals surface area contributed by atoms with Crippen LogP contribution in [0.25, 0.3) is 0 Å². The summed E-state index contributed by atoms with van der Waals surface area (Å²) in [5.74, 6) is -0.215. The van der Waals surface area contributed by atoms with Crippen LogP contribution in [0, 0.1) is 13.8 Å². The van der Waals surface area contributed by atoms with Crippen molar-refractivity contribution in [3.05, 3.63) is 11.4 Å². The second-order valence-electron chi connectivity index (χ2n) is 3.63. The molecule has 1 aromatic rings. The molecule has 8 nitrogen and oxygen atoms in total. The SMILES string of the molecule is Cc1n[nH]c(C)c1S(=O)(=O)NC(C)/C(N)=N/O. The molecule has 1 atom stereocenters. The van der Waals surface area contributed by atoms with Gasteiger partial charge in [-0.15, -0.1) is 0 Å². The number of nitrogens with two attached hydrogens (primary N) is 1. The molecule has 0 aliphatic heterocycles. The Bertz CT molecular complexity index is 514. The molecule has 5 N–H and O–H groups in total. The maximum atomic E-state index is 12.0. The maximum absolute atomic E-state index is 12.0. The highest BCUT2D eigenvalue weighted by Crippen LogP contribution is 2.16. The van der Waals surface area contributed by atoms with Crippen LogP contribution in [0.3, 0.4) is 0 Å². The number of sulfonamides is 1. The number of H-pyrrole nitrogens is 1. The fraction of sp³-hybridized carbons (Fsp3) is 0.500. The van der Waals surface area contributed by atoms with Gasteiger partial charge in [-0.05, 0) is 20.8 Å². The number of amidine groups is 1. The molecular weight excluding hydrogens is 246 g/mol. The third-order valence-corrected chi connectivity index (χ3v) is 4.02. The molecule has 1 rings (SSSR count). The molecular formula is C8H15N5O3S. The summed E-state index contributed by atoms with van der Waals surface area (Å²) in [6.45, 7) is 4.65. The number of nitrogens with zero attached hydrogens (tertiary/aromatic N) is 2. The number of rotatable bonds is 4. The molecule has 0 aliphatic rings. The summed E-state index contributed by atoms with van der Waals surface area (Å²) in [6.07, 6.45) is 0. The molecule has 9 heteroatoms. The van der Waals surface area contributed by atoms with E-state index in [0.29, 0.717) is 11.4 Å². The fourth-order valence-electron chi connectivity index (χ4n) is 1.38. The van der Waals surface area contributed by atoms with Crippen LogP contribution in [0.15, 0.2) is 10.1 Å². The molecule has 0 radical (unpaired) electrons. The van der Waals surface area contributed by atoms with Crippen LogP contribution in [0.1, 0.15) is 18.3 Å². The van der Waals surface area contributed by atoms with Crippen molar-refractivity contribution in [2.75, 3.05) is 0 Å². The Kier molecular flexibility index (Phi) is 3.73. The highest BCUT2D eigenvalue weighted by atomic mass is 32.2. The summed E-state index contributed by atoms with van der Waals surface area (Å²) in [6, 6.07) is -0.807. The van der Waals surface area contributed by atoms with Gasteiger partial charge in [0.15, 0.2) is 5.84 Å². The van der Waals surface area contributed by atoms with E-state index in [2.05, 4.69) is 20.1 Å². The fourth-order valence-corrected chi connectivity index (χ4v) is 2.96. The van der Waals surface area contributed by atoms with Gasteiger partial charge >= 0.3 is 0 Å². The molecule has 17 heavy (non-hydrogen) atoms. The Morgan fingerprint density at radius 3 is 2.59 bits per heavy atom. The molecule has 1 heterocycles. The normalized spacial score (nSPS) is 14.9. The summed E-state index contributed by atoms with van der Waals surface area (Å²) in [7, 11) is -3.75. The third kappa shape index (κ3) is 2.74.